The zero-order valence-corrected chi connectivity index (χ0v) is 13.7. The second-order valence-corrected chi connectivity index (χ2v) is 8.09. The average Bonchev–Trinajstić information content (AvgIpc) is 3.08. The number of hydrogen-bond donors (Lipinski definition) is 0. The Morgan fingerprint density at radius 2 is 2.11 bits per heavy atom. The fourth-order valence-electron chi connectivity index (χ4n) is 1.72. The van der Waals surface area contributed by atoms with Gasteiger partial charge in [-0.25, -0.2) is 0 Å². The van der Waals surface area contributed by atoms with E-state index < -0.39 is 0 Å². The molecule has 0 N–H and O–H groups in total. The molecule has 0 radical (unpaired) electrons. The Balaban J connectivity index is 2.03. The molecule has 0 aliphatic heterocycles. The van der Waals surface area contributed by atoms with Crippen molar-refractivity contribution in [1.29, 1.82) is 0 Å². The molecule has 6 heteroatoms. The normalized spacial score (nSPS) is 11.1. The molecular formula is C13H9ClIN2OS-. The molecule has 0 fully saturated rings. The number of rotatable bonds is 3. The summed E-state index contributed by atoms with van der Waals surface area (Å²) in [6.45, 7) is 0. The summed E-state index contributed by atoms with van der Waals surface area (Å²) in [6, 6.07) is 10.1. The van der Waals surface area contributed by atoms with Gasteiger partial charge in [0.1, 0.15) is 0 Å². The molecule has 2 aromatic heterocycles. The molecule has 0 spiro atoms. The van der Waals surface area contributed by atoms with Crippen LogP contribution in [0.25, 0.3) is 21.9 Å². The van der Waals surface area contributed by atoms with Crippen molar-refractivity contribution in [2.75, 3.05) is 4.93 Å². The third-order valence-electron chi connectivity index (χ3n) is 2.57. The van der Waals surface area contributed by atoms with Crippen LogP contribution in [-0.2, 0) is 0 Å². The van der Waals surface area contributed by atoms with Crippen LogP contribution in [0.1, 0.15) is 0 Å². The van der Waals surface area contributed by atoms with Crippen molar-refractivity contribution in [2.24, 2.45) is 0 Å². The van der Waals surface area contributed by atoms with Gasteiger partial charge >= 0.3 is 130 Å². The first-order chi connectivity index (χ1) is 9.28. The van der Waals surface area contributed by atoms with Gasteiger partial charge in [-0.2, -0.15) is 0 Å². The molecule has 0 saturated heterocycles. The van der Waals surface area contributed by atoms with Crippen LogP contribution in [0, 0.1) is 2.88 Å². The molecule has 0 bridgehead atoms. The summed E-state index contributed by atoms with van der Waals surface area (Å²) < 4.78 is 6.54. The van der Waals surface area contributed by atoms with Crippen LogP contribution in [-0.4, -0.2) is 15.1 Å². The summed E-state index contributed by atoms with van der Waals surface area (Å²) in [4.78, 5) is 3.40. The number of nitrogens with zero attached hydrogens (tertiary/aromatic N) is 2. The molecule has 98 valence electrons. The SMILES string of the molecule is C[I-]c1sc(-c2cccc(-c3nnco3)c2)cc1Cl. The van der Waals surface area contributed by atoms with Crippen molar-refractivity contribution in [3.05, 3.63) is 44.6 Å². The van der Waals surface area contributed by atoms with Crippen LogP contribution in [0.3, 0.4) is 0 Å². The molecule has 19 heavy (non-hydrogen) atoms. The molecule has 3 aromatic rings. The number of thiophene rings is 1. The summed E-state index contributed by atoms with van der Waals surface area (Å²) in [5, 5.41) is 8.52. The standard InChI is InChI=1S/C13H9ClIN2OS/c1-15-12-10(14)6-11(19-12)8-3-2-4-9(5-8)13-17-16-7-18-13/h2-7H,1H3/q-1. The minimum atomic E-state index is 0.0175. The van der Waals surface area contributed by atoms with E-state index >= 15 is 0 Å². The molecule has 3 nitrogen and oxygen atoms in total. The van der Waals surface area contributed by atoms with E-state index in [1.165, 1.54) is 14.2 Å². The molecule has 0 aliphatic carbocycles. The van der Waals surface area contributed by atoms with E-state index in [1.807, 2.05) is 24.3 Å². The Labute approximate surface area is 129 Å². The molecule has 0 aliphatic rings. The number of aromatic nitrogens is 2. The predicted molar refractivity (Wildman–Crippen MR) is 72.7 cm³/mol. The number of hydrogen-bond acceptors (Lipinski definition) is 4. The third kappa shape index (κ3) is 2.68. The van der Waals surface area contributed by atoms with E-state index in [2.05, 4.69) is 21.2 Å². The van der Waals surface area contributed by atoms with E-state index in [1.54, 1.807) is 11.3 Å². The van der Waals surface area contributed by atoms with Gasteiger partial charge in [0.05, 0.1) is 0 Å². The van der Waals surface area contributed by atoms with Crippen LogP contribution in [0.2, 0.25) is 5.02 Å². The van der Waals surface area contributed by atoms with Crippen LogP contribution in [0.5, 0.6) is 0 Å². The Kier molecular flexibility index (Phi) is 3.86. The predicted octanol–water partition coefficient (Wildman–Crippen LogP) is 1.01. The van der Waals surface area contributed by atoms with Crippen LogP contribution in [0.4, 0.5) is 0 Å². The monoisotopic (exact) mass is 403 g/mol. The number of halogens is 2. The minimum absolute atomic E-state index is 0.0175. The zero-order chi connectivity index (χ0) is 13.2. The van der Waals surface area contributed by atoms with Gasteiger partial charge in [-0.3, -0.25) is 0 Å². The van der Waals surface area contributed by atoms with Crippen LogP contribution in [0.15, 0.2) is 41.1 Å². The number of alkyl halides is 1. The number of benzene rings is 1. The first-order valence-electron chi connectivity index (χ1n) is 5.43. The summed E-state index contributed by atoms with van der Waals surface area (Å²) in [6.07, 6.45) is 1.34. The first kappa shape index (κ1) is 13.1. The van der Waals surface area contributed by atoms with Gasteiger partial charge < -0.3 is 0 Å². The molecular weight excluding hydrogens is 395 g/mol. The Hall–Kier alpha value is -0.920. The molecule has 0 atom stereocenters. The third-order valence-corrected chi connectivity index (χ3v) is 7.53. The van der Waals surface area contributed by atoms with Crippen molar-refractivity contribution < 1.29 is 25.6 Å². The Morgan fingerprint density at radius 1 is 1.26 bits per heavy atom. The van der Waals surface area contributed by atoms with Gasteiger partial charge in [0.15, 0.2) is 0 Å². The molecule has 0 amide bonds. The molecule has 0 unspecified atom stereocenters. The maximum atomic E-state index is 6.23. The summed E-state index contributed by atoms with van der Waals surface area (Å²) in [5.41, 5.74) is 2.05. The van der Waals surface area contributed by atoms with Gasteiger partial charge in [0, 0.05) is 0 Å². The van der Waals surface area contributed by atoms with Crippen molar-refractivity contribution in [3.63, 3.8) is 0 Å². The van der Waals surface area contributed by atoms with Gasteiger partial charge in [0.2, 0.25) is 0 Å². The van der Waals surface area contributed by atoms with Crippen molar-refractivity contribution in [1.82, 2.24) is 10.2 Å². The van der Waals surface area contributed by atoms with Crippen molar-refractivity contribution in [2.45, 2.75) is 0 Å². The van der Waals surface area contributed by atoms with Crippen LogP contribution < -0.4 is 21.2 Å². The molecule has 1 aromatic carbocycles. The fourth-order valence-corrected chi connectivity index (χ4v) is 5.38. The summed E-state index contributed by atoms with van der Waals surface area (Å²) >= 11 is 8.02. The van der Waals surface area contributed by atoms with Crippen LogP contribution >= 0.6 is 22.9 Å². The van der Waals surface area contributed by atoms with Gasteiger partial charge in [-0.15, -0.1) is 0 Å². The van der Waals surface area contributed by atoms with Gasteiger partial charge in [-0.1, -0.05) is 0 Å². The second kappa shape index (κ2) is 5.60. The van der Waals surface area contributed by atoms with Gasteiger partial charge in [0.25, 0.3) is 0 Å². The Bertz CT molecular complexity index is 696. The topological polar surface area (TPSA) is 38.9 Å². The van der Waals surface area contributed by atoms with E-state index in [0.29, 0.717) is 5.89 Å². The quantitative estimate of drug-likeness (QED) is 0.484. The Morgan fingerprint density at radius 3 is 2.79 bits per heavy atom. The zero-order valence-electron chi connectivity index (χ0n) is 9.93. The molecule has 3 rings (SSSR count). The first-order valence-corrected chi connectivity index (χ1v) is 9.87. The van der Waals surface area contributed by atoms with Crippen molar-refractivity contribution >= 4 is 22.9 Å². The molecule has 2 heterocycles. The van der Waals surface area contributed by atoms with Crippen molar-refractivity contribution in [3.8, 4) is 21.9 Å². The van der Waals surface area contributed by atoms with E-state index in [0.717, 1.165) is 16.1 Å². The second-order valence-electron chi connectivity index (χ2n) is 3.75. The maximum absolute atomic E-state index is 6.23. The summed E-state index contributed by atoms with van der Waals surface area (Å²) in [5.74, 6) is 0.535. The van der Waals surface area contributed by atoms with E-state index in [9.17, 15) is 0 Å². The van der Waals surface area contributed by atoms with Gasteiger partial charge in [-0.05, 0) is 0 Å². The summed E-state index contributed by atoms with van der Waals surface area (Å²) in [7, 11) is 0. The van der Waals surface area contributed by atoms with E-state index in [4.69, 9.17) is 16.0 Å². The van der Waals surface area contributed by atoms with E-state index in [-0.39, 0.29) is 21.2 Å². The average molecular weight is 404 g/mol. The fraction of sp³-hybridized carbons (Fsp3) is 0.0769. The molecule has 0 saturated carbocycles.